The molecule has 0 spiro atoms. The van der Waals surface area contributed by atoms with Crippen molar-refractivity contribution in [2.45, 2.75) is 18.8 Å². The Kier molecular flexibility index (Phi) is 4.86. The third-order valence-corrected chi connectivity index (χ3v) is 3.67. The Morgan fingerprint density at radius 3 is 2.53 bits per heavy atom. The molecule has 1 unspecified atom stereocenters. The van der Waals surface area contributed by atoms with E-state index in [-0.39, 0.29) is 5.92 Å². The van der Waals surface area contributed by atoms with Crippen LogP contribution in [-0.4, -0.2) is 7.11 Å². The standard InChI is InChI=1S/C17H18ClO/c1-13(15-8-4-6-10-17(15)19-2)11-12-14-7-3-5-9-16(14)18/h3-10,13H,1,11-12H2,2H3. The van der Waals surface area contributed by atoms with Crippen molar-refractivity contribution in [3.63, 3.8) is 0 Å². The highest BCUT2D eigenvalue weighted by molar-refractivity contribution is 6.31. The van der Waals surface area contributed by atoms with Gasteiger partial charge in [0.15, 0.2) is 0 Å². The van der Waals surface area contributed by atoms with Crippen molar-refractivity contribution in [2.75, 3.05) is 7.11 Å². The maximum Gasteiger partial charge on any atom is 0.122 e. The molecule has 19 heavy (non-hydrogen) atoms. The van der Waals surface area contributed by atoms with Crippen molar-refractivity contribution < 1.29 is 4.74 Å². The van der Waals surface area contributed by atoms with E-state index in [1.165, 1.54) is 5.56 Å². The number of rotatable bonds is 5. The maximum atomic E-state index is 6.17. The molecule has 0 aliphatic heterocycles. The van der Waals surface area contributed by atoms with E-state index >= 15 is 0 Å². The molecule has 0 aromatic heterocycles. The van der Waals surface area contributed by atoms with E-state index in [4.69, 9.17) is 16.3 Å². The first kappa shape index (κ1) is 14.0. The predicted octanol–water partition coefficient (Wildman–Crippen LogP) is 4.90. The molecular formula is C17H18ClO. The van der Waals surface area contributed by atoms with E-state index in [0.717, 1.165) is 29.2 Å². The zero-order chi connectivity index (χ0) is 13.7. The minimum Gasteiger partial charge on any atom is -0.496 e. The smallest absolute Gasteiger partial charge is 0.122 e. The molecule has 0 saturated heterocycles. The van der Waals surface area contributed by atoms with Crippen molar-refractivity contribution in [1.29, 1.82) is 0 Å². The highest BCUT2D eigenvalue weighted by atomic mass is 35.5. The largest absolute Gasteiger partial charge is 0.496 e. The Hall–Kier alpha value is -1.47. The summed E-state index contributed by atoms with van der Waals surface area (Å²) in [6.45, 7) is 4.24. The Morgan fingerprint density at radius 2 is 1.79 bits per heavy atom. The molecular weight excluding hydrogens is 256 g/mol. The second-order valence-electron chi connectivity index (χ2n) is 4.57. The normalized spacial score (nSPS) is 12.2. The minimum absolute atomic E-state index is 0.201. The van der Waals surface area contributed by atoms with Crippen molar-refractivity contribution in [1.82, 2.24) is 0 Å². The van der Waals surface area contributed by atoms with Gasteiger partial charge in [-0.3, -0.25) is 0 Å². The fourth-order valence-electron chi connectivity index (χ4n) is 2.19. The summed E-state index contributed by atoms with van der Waals surface area (Å²) in [5.41, 5.74) is 2.32. The molecule has 2 aromatic carbocycles. The number of halogens is 1. The topological polar surface area (TPSA) is 9.23 Å². The molecule has 2 aromatic rings. The lowest BCUT2D eigenvalue weighted by atomic mass is 9.93. The van der Waals surface area contributed by atoms with Crippen LogP contribution >= 0.6 is 11.6 Å². The van der Waals surface area contributed by atoms with Crippen LogP contribution in [0, 0.1) is 6.92 Å². The van der Waals surface area contributed by atoms with Crippen molar-refractivity contribution in [2.24, 2.45) is 0 Å². The first-order chi connectivity index (χ1) is 9.22. The molecule has 0 amide bonds. The summed E-state index contributed by atoms with van der Waals surface area (Å²) in [6, 6.07) is 16.0. The van der Waals surface area contributed by atoms with Crippen LogP contribution in [0.4, 0.5) is 0 Å². The summed E-state index contributed by atoms with van der Waals surface area (Å²) in [5.74, 6) is 1.11. The average Bonchev–Trinajstić information content (AvgIpc) is 2.46. The van der Waals surface area contributed by atoms with Gasteiger partial charge in [0.25, 0.3) is 0 Å². The molecule has 0 N–H and O–H groups in total. The van der Waals surface area contributed by atoms with Gasteiger partial charge >= 0.3 is 0 Å². The zero-order valence-corrected chi connectivity index (χ0v) is 11.9. The Labute approximate surface area is 120 Å². The summed E-state index contributed by atoms with van der Waals surface area (Å²) < 4.78 is 5.38. The van der Waals surface area contributed by atoms with E-state index in [2.05, 4.69) is 19.1 Å². The highest BCUT2D eigenvalue weighted by Gasteiger charge is 2.11. The van der Waals surface area contributed by atoms with Crippen LogP contribution in [0.5, 0.6) is 5.75 Å². The Morgan fingerprint density at radius 1 is 1.11 bits per heavy atom. The van der Waals surface area contributed by atoms with E-state index < -0.39 is 0 Å². The lowest BCUT2D eigenvalue weighted by molar-refractivity contribution is 0.407. The molecule has 0 heterocycles. The van der Waals surface area contributed by atoms with Gasteiger partial charge in [-0.25, -0.2) is 0 Å². The minimum atomic E-state index is 0.201. The SMILES string of the molecule is [CH2]C(CCc1ccccc1Cl)c1ccccc1OC. The second-order valence-corrected chi connectivity index (χ2v) is 4.98. The molecule has 0 bridgehead atoms. The van der Waals surface area contributed by atoms with E-state index in [9.17, 15) is 0 Å². The molecule has 0 fully saturated rings. The van der Waals surface area contributed by atoms with Gasteiger partial charge in [-0.2, -0.15) is 0 Å². The number of hydrogen-bond acceptors (Lipinski definition) is 1. The first-order valence-corrected chi connectivity index (χ1v) is 6.79. The average molecular weight is 274 g/mol. The van der Waals surface area contributed by atoms with Crippen LogP contribution in [-0.2, 0) is 6.42 Å². The third-order valence-electron chi connectivity index (χ3n) is 3.30. The van der Waals surface area contributed by atoms with Crippen LogP contribution in [0.25, 0.3) is 0 Å². The third kappa shape index (κ3) is 3.51. The summed E-state index contributed by atoms with van der Waals surface area (Å²) >= 11 is 6.17. The second kappa shape index (κ2) is 6.63. The van der Waals surface area contributed by atoms with Crippen molar-refractivity contribution in [3.8, 4) is 5.75 Å². The van der Waals surface area contributed by atoms with Crippen LogP contribution < -0.4 is 4.74 Å². The number of hydrogen-bond donors (Lipinski definition) is 0. The first-order valence-electron chi connectivity index (χ1n) is 6.41. The zero-order valence-electron chi connectivity index (χ0n) is 11.1. The molecule has 2 rings (SSSR count). The molecule has 0 aliphatic carbocycles. The number of para-hydroxylation sites is 1. The molecule has 1 radical (unpaired) electrons. The highest BCUT2D eigenvalue weighted by Crippen LogP contribution is 2.29. The lowest BCUT2D eigenvalue weighted by Gasteiger charge is -2.15. The Bertz CT molecular complexity index is 536. The fourth-order valence-corrected chi connectivity index (χ4v) is 2.42. The van der Waals surface area contributed by atoms with Gasteiger partial charge in [0, 0.05) is 5.02 Å². The van der Waals surface area contributed by atoms with Crippen LogP contribution in [0.2, 0.25) is 5.02 Å². The quantitative estimate of drug-likeness (QED) is 0.753. The van der Waals surface area contributed by atoms with E-state index in [1.807, 2.05) is 36.4 Å². The number of benzene rings is 2. The predicted molar refractivity (Wildman–Crippen MR) is 80.9 cm³/mol. The van der Waals surface area contributed by atoms with Gasteiger partial charge in [0.05, 0.1) is 7.11 Å². The van der Waals surface area contributed by atoms with Gasteiger partial charge in [-0.05, 0) is 48.9 Å². The van der Waals surface area contributed by atoms with Gasteiger partial charge in [-0.15, -0.1) is 0 Å². The van der Waals surface area contributed by atoms with Gasteiger partial charge in [0.1, 0.15) is 5.75 Å². The maximum absolute atomic E-state index is 6.17. The Balaban J connectivity index is 2.05. The lowest BCUT2D eigenvalue weighted by Crippen LogP contribution is -2.00. The number of ether oxygens (including phenoxy) is 1. The number of methoxy groups -OCH3 is 1. The van der Waals surface area contributed by atoms with Crippen LogP contribution in [0.3, 0.4) is 0 Å². The molecule has 1 nitrogen and oxygen atoms in total. The summed E-state index contributed by atoms with van der Waals surface area (Å²) in [7, 11) is 1.69. The molecule has 1 atom stereocenters. The fraction of sp³-hybridized carbons (Fsp3) is 0.235. The van der Waals surface area contributed by atoms with E-state index in [1.54, 1.807) is 7.11 Å². The van der Waals surface area contributed by atoms with Gasteiger partial charge in [-0.1, -0.05) is 48.0 Å². The van der Waals surface area contributed by atoms with Crippen molar-refractivity contribution in [3.05, 3.63) is 71.6 Å². The van der Waals surface area contributed by atoms with Crippen LogP contribution in [0.15, 0.2) is 48.5 Å². The monoisotopic (exact) mass is 273 g/mol. The summed E-state index contributed by atoms with van der Waals surface area (Å²) in [4.78, 5) is 0. The van der Waals surface area contributed by atoms with Gasteiger partial charge < -0.3 is 4.74 Å². The molecule has 99 valence electrons. The molecule has 2 heteroatoms. The van der Waals surface area contributed by atoms with E-state index in [0.29, 0.717) is 0 Å². The van der Waals surface area contributed by atoms with Gasteiger partial charge in [0.2, 0.25) is 0 Å². The summed E-state index contributed by atoms with van der Waals surface area (Å²) in [5, 5.41) is 0.828. The molecule has 0 saturated carbocycles. The molecule has 0 aliphatic rings. The van der Waals surface area contributed by atoms with Crippen molar-refractivity contribution >= 4 is 11.6 Å². The number of aryl methyl sites for hydroxylation is 1. The summed E-state index contributed by atoms with van der Waals surface area (Å²) in [6.07, 6.45) is 1.87. The van der Waals surface area contributed by atoms with Crippen LogP contribution in [0.1, 0.15) is 23.5 Å².